The summed E-state index contributed by atoms with van der Waals surface area (Å²) in [6.07, 6.45) is 3.34. The first-order chi connectivity index (χ1) is 10.7. The monoisotopic (exact) mass is 297 g/mol. The highest BCUT2D eigenvalue weighted by Gasteiger charge is 2.16. The normalized spacial score (nSPS) is 12.1. The lowest BCUT2D eigenvalue weighted by molar-refractivity contribution is 0.0937. The molecule has 0 aliphatic heterocycles. The Labute approximate surface area is 127 Å². The molecule has 0 spiro atoms. The Balaban J connectivity index is 1.78. The van der Waals surface area contributed by atoms with Crippen molar-refractivity contribution < 1.29 is 9.53 Å². The molecule has 0 aliphatic rings. The first-order valence-corrected chi connectivity index (χ1v) is 6.79. The molecule has 7 heteroatoms. The number of nitrogens with zero attached hydrogens (tertiary/aromatic N) is 4. The van der Waals surface area contributed by atoms with Crippen molar-refractivity contribution in [3.63, 3.8) is 0 Å². The van der Waals surface area contributed by atoms with Gasteiger partial charge in [0.15, 0.2) is 11.5 Å². The lowest BCUT2D eigenvalue weighted by atomic mass is 10.2. The highest BCUT2D eigenvalue weighted by Crippen LogP contribution is 2.13. The summed E-state index contributed by atoms with van der Waals surface area (Å²) in [4.78, 5) is 16.3. The van der Waals surface area contributed by atoms with Crippen molar-refractivity contribution in [1.82, 2.24) is 24.9 Å². The number of hydrogen-bond donors (Lipinski definition) is 1. The van der Waals surface area contributed by atoms with Gasteiger partial charge in [0.05, 0.1) is 18.7 Å². The lowest BCUT2D eigenvalue weighted by Gasteiger charge is -2.12. The fraction of sp³-hybridized carbons (Fsp3) is 0.200. The van der Waals surface area contributed by atoms with E-state index in [0.29, 0.717) is 17.3 Å². The van der Waals surface area contributed by atoms with E-state index in [2.05, 4.69) is 20.5 Å². The molecule has 3 aromatic heterocycles. The molecule has 0 aromatic carbocycles. The summed E-state index contributed by atoms with van der Waals surface area (Å²) >= 11 is 0. The lowest BCUT2D eigenvalue weighted by Crippen LogP contribution is -2.28. The third-order valence-electron chi connectivity index (χ3n) is 3.28. The number of hydrogen-bond acceptors (Lipinski definition) is 5. The molecule has 0 aliphatic carbocycles. The van der Waals surface area contributed by atoms with Crippen molar-refractivity contribution in [2.75, 3.05) is 7.11 Å². The van der Waals surface area contributed by atoms with Gasteiger partial charge in [-0.05, 0) is 25.1 Å². The van der Waals surface area contributed by atoms with Gasteiger partial charge in [0.2, 0.25) is 5.88 Å². The van der Waals surface area contributed by atoms with Gasteiger partial charge in [0.1, 0.15) is 0 Å². The van der Waals surface area contributed by atoms with E-state index in [0.717, 1.165) is 5.65 Å². The standard InChI is InChI=1S/C15H15N5O2/c1-10(14-19-18-12-5-3-4-8-20(12)14)17-15(21)11-6-7-13(22-2)16-9-11/h3-10H,1-2H3,(H,17,21)/t10-/m0/s1. The van der Waals surface area contributed by atoms with E-state index in [1.54, 1.807) is 12.1 Å². The molecule has 3 rings (SSSR count). The molecule has 0 saturated heterocycles. The van der Waals surface area contributed by atoms with Crippen LogP contribution >= 0.6 is 0 Å². The molecule has 0 unspecified atom stereocenters. The smallest absolute Gasteiger partial charge is 0.253 e. The van der Waals surface area contributed by atoms with Gasteiger partial charge in [0, 0.05) is 18.5 Å². The van der Waals surface area contributed by atoms with Crippen LogP contribution in [-0.2, 0) is 0 Å². The van der Waals surface area contributed by atoms with Crippen molar-refractivity contribution >= 4 is 11.6 Å². The largest absolute Gasteiger partial charge is 0.481 e. The van der Waals surface area contributed by atoms with Gasteiger partial charge in [-0.3, -0.25) is 9.20 Å². The molecule has 22 heavy (non-hydrogen) atoms. The van der Waals surface area contributed by atoms with E-state index in [1.165, 1.54) is 13.3 Å². The van der Waals surface area contributed by atoms with Crippen LogP contribution in [0.5, 0.6) is 5.88 Å². The number of carbonyl (C=O) groups is 1. The summed E-state index contributed by atoms with van der Waals surface area (Å²) in [5, 5.41) is 11.1. The Morgan fingerprint density at radius 1 is 1.27 bits per heavy atom. The topological polar surface area (TPSA) is 81.4 Å². The minimum atomic E-state index is -0.285. The van der Waals surface area contributed by atoms with Crippen LogP contribution in [0.4, 0.5) is 0 Å². The molecule has 0 saturated carbocycles. The van der Waals surface area contributed by atoms with Crippen molar-refractivity contribution in [3.8, 4) is 5.88 Å². The van der Waals surface area contributed by atoms with Crippen molar-refractivity contribution in [2.24, 2.45) is 0 Å². The summed E-state index contributed by atoms with van der Waals surface area (Å²) in [5.74, 6) is 0.911. The zero-order valence-corrected chi connectivity index (χ0v) is 12.2. The minimum absolute atomic E-state index is 0.227. The molecule has 1 amide bonds. The molecule has 112 valence electrons. The maximum Gasteiger partial charge on any atom is 0.253 e. The van der Waals surface area contributed by atoms with Gasteiger partial charge >= 0.3 is 0 Å². The zero-order chi connectivity index (χ0) is 15.5. The number of aromatic nitrogens is 4. The molecular formula is C15H15N5O2. The first-order valence-electron chi connectivity index (χ1n) is 6.79. The van der Waals surface area contributed by atoms with E-state index < -0.39 is 0 Å². The Bertz CT molecular complexity index is 797. The average molecular weight is 297 g/mol. The number of pyridine rings is 2. The average Bonchev–Trinajstić information content (AvgIpc) is 2.99. The molecule has 3 heterocycles. The minimum Gasteiger partial charge on any atom is -0.481 e. The van der Waals surface area contributed by atoms with E-state index in [-0.39, 0.29) is 11.9 Å². The molecule has 0 radical (unpaired) electrons. The fourth-order valence-electron chi connectivity index (χ4n) is 2.14. The van der Waals surface area contributed by atoms with Gasteiger partial charge in [-0.15, -0.1) is 10.2 Å². The quantitative estimate of drug-likeness (QED) is 0.791. The van der Waals surface area contributed by atoms with Crippen LogP contribution in [0, 0.1) is 0 Å². The van der Waals surface area contributed by atoms with Crippen LogP contribution in [0.25, 0.3) is 5.65 Å². The Morgan fingerprint density at radius 2 is 2.14 bits per heavy atom. The molecule has 0 fully saturated rings. The van der Waals surface area contributed by atoms with E-state index >= 15 is 0 Å². The van der Waals surface area contributed by atoms with Crippen molar-refractivity contribution in [2.45, 2.75) is 13.0 Å². The predicted molar refractivity (Wildman–Crippen MR) is 79.7 cm³/mol. The third-order valence-corrected chi connectivity index (χ3v) is 3.28. The summed E-state index contributed by atoms with van der Waals surface area (Å²) in [7, 11) is 1.53. The maximum absolute atomic E-state index is 12.2. The van der Waals surface area contributed by atoms with Crippen LogP contribution < -0.4 is 10.1 Å². The van der Waals surface area contributed by atoms with E-state index in [9.17, 15) is 4.79 Å². The van der Waals surface area contributed by atoms with Crippen LogP contribution in [-0.4, -0.2) is 32.6 Å². The van der Waals surface area contributed by atoms with Crippen LogP contribution in [0.15, 0.2) is 42.7 Å². The molecular weight excluding hydrogens is 282 g/mol. The maximum atomic E-state index is 12.2. The summed E-state index contributed by atoms with van der Waals surface area (Å²) in [6, 6.07) is 8.66. The van der Waals surface area contributed by atoms with Gasteiger partial charge in [-0.1, -0.05) is 6.07 Å². The van der Waals surface area contributed by atoms with Gasteiger partial charge < -0.3 is 10.1 Å². The zero-order valence-electron chi connectivity index (χ0n) is 12.2. The number of methoxy groups -OCH3 is 1. The number of rotatable bonds is 4. The highest BCUT2D eigenvalue weighted by atomic mass is 16.5. The summed E-state index contributed by atoms with van der Waals surface area (Å²) in [5.41, 5.74) is 1.20. The molecule has 1 N–H and O–H groups in total. The van der Waals surface area contributed by atoms with Crippen LogP contribution in [0.3, 0.4) is 0 Å². The number of ether oxygens (including phenoxy) is 1. The second-order valence-corrected chi connectivity index (χ2v) is 4.77. The second kappa shape index (κ2) is 5.80. The van der Waals surface area contributed by atoms with Gasteiger partial charge in [0.25, 0.3) is 5.91 Å². The third kappa shape index (κ3) is 2.60. The Hall–Kier alpha value is -2.96. The molecule has 1 atom stereocenters. The fourth-order valence-corrected chi connectivity index (χ4v) is 2.14. The van der Waals surface area contributed by atoms with Crippen molar-refractivity contribution in [1.29, 1.82) is 0 Å². The van der Waals surface area contributed by atoms with Crippen LogP contribution in [0.2, 0.25) is 0 Å². The molecule has 7 nitrogen and oxygen atoms in total. The first kappa shape index (κ1) is 14.0. The number of amides is 1. The van der Waals surface area contributed by atoms with E-state index in [1.807, 2.05) is 35.7 Å². The second-order valence-electron chi connectivity index (χ2n) is 4.77. The molecule has 3 aromatic rings. The van der Waals surface area contributed by atoms with Crippen molar-refractivity contribution in [3.05, 3.63) is 54.1 Å². The number of nitrogens with one attached hydrogen (secondary N) is 1. The van der Waals surface area contributed by atoms with E-state index in [4.69, 9.17) is 4.74 Å². The summed E-state index contributed by atoms with van der Waals surface area (Å²) in [6.45, 7) is 1.86. The summed E-state index contributed by atoms with van der Waals surface area (Å²) < 4.78 is 6.82. The highest BCUT2D eigenvalue weighted by molar-refractivity contribution is 5.94. The van der Waals surface area contributed by atoms with Gasteiger partial charge in [-0.2, -0.15) is 0 Å². The number of fused-ring (bicyclic) bond motifs is 1. The predicted octanol–water partition coefficient (Wildman–Crippen LogP) is 1.62. The Kier molecular flexibility index (Phi) is 3.69. The van der Waals surface area contributed by atoms with Gasteiger partial charge in [-0.25, -0.2) is 4.98 Å². The Morgan fingerprint density at radius 3 is 2.86 bits per heavy atom. The SMILES string of the molecule is COc1ccc(C(=O)N[C@@H](C)c2nnc3ccccn23)cn1. The van der Waals surface area contributed by atoms with Crippen LogP contribution in [0.1, 0.15) is 29.1 Å². The molecule has 0 bridgehead atoms. The number of carbonyl (C=O) groups excluding carboxylic acids is 1.